The van der Waals surface area contributed by atoms with E-state index in [1.807, 2.05) is 24.3 Å². The maximum absolute atomic E-state index is 12.3. The highest BCUT2D eigenvalue weighted by molar-refractivity contribution is 7.89. The predicted molar refractivity (Wildman–Crippen MR) is 95.3 cm³/mol. The lowest BCUT2D eigenvalue weighted by Gasteiger charge is -2.09. The van der Waals surface area contributed by atoms with E-state index in [-0.39, 0.29) is 17.3 Å². The van der Waals surface area contributed by atoms with E-state index in [0.29, 0.717) is 11.6 Å². The second-order valence-corrected chi connectivity index (χ2v) is 7.69. The molecule has 0 saturated carbocycles. The van der Waals surface area contributed by atoms with Crippen LogP contribution in [0.2, 0.25) is 0 Å². The van der Waals surface area contributed by atoms with E-state index < -0.39 is 10.0 Å². The third-order valence-corrected chi connectivity index (χ3v) is 5.01. The van der Waals surface area contributed by atoms with Gasteiger partial charge in [-0.3, -0.25) is 4.79 Å². The summed E-state index contributed by atoms with van der Waals surface area (Å²) in [7, 11) is -3.59. The summed E-state index contributed by atoms with van der Waals surface area (Å²) in [6.07, 6.45) is 0. The molecular formula is C18H22N2O3S. The normalized spacial score (nSPS) is 11.5. The van der Waals surface area contributed by atoms with Gasteiger partial charge in [-0.25, -0.2) is 13.1 Å². The molecule has 2 aromatic carbocycles. The van der Waals surface area contributed by atoms with Crippen molar-refractivity contribution in [2.45, 2.75) is 38.1 Å². The Morgan fingerprint density at radius 2 is 1.58 bits per heavy atom. The highest BCUT2D eigenvalue weighted by Crippen LogP contribution is 2.16. The number of anilines is 1. The molecule has 0 radical (unpaired) electrons. The predicted octanol–water partition coefficient (Wildman–Crippen LogP) is 3.25. The molecule has 1 amide bonds. The van der Waals surface area contributed by atoms with Crippen LogP contribution in [0.25, 0.3) is 0 Å². The van der Waals surface area contributed by atoms with Gasteiger partial charge in [0.2, 0.25) is 15.9 Å². The van der Waals surface area contributed by atoms with Crippen LogP contribution in [0.3, 0.4) is 0 Å². The van der Waals surface area contributed by atoms with Crippen LogP contribution in [0.15, 0.2) is 53.4 Å². The fraction of sp³-hybridized carbons (Fsp3) is 0.278. The molecule has 6 heteroatoms. The molecule has 128 valence electrons. The van der Waals surface area contributed by atoms with E-state index in [2.05, 4.69) is 23.9 Å². The van der Waals surface area contributed by atoms with Crippen molar-refractivity contribution in [3.05, 3.63) is 59.7 Å². The monoisotopic (exact) mass is 346 g/mol. The zero-order chi connectivity index (χ0) is 17.7. The average Bonchev–Trinajstić information content (AvgIpc) is 2.53. The van der Waals surface area contributed by atoms with Crippen molar-refractivity contribution < 1.29 is 13.2 Å². The summed E-state index contributed by atoms with van der Waals surface area (Å²) in [6, 6.07) is 13.9. The lowest BCUT2D eigenvalue weighted by atomic mass is 10.0. The van der Waals surface area contributed by atoms with Gasteiger partial charge in [0.15, 0.2) is 0 Å². The van der Waals surface area contributed by atoms with Crippen LogP contribution in [0.5, 0.6) is 0 Å². The maximum atomic E-state index is 12.3. The minimum absolute atomic E-state index is 0.162. The molecule has 0 aliphatic carbocycles. The van der Waals surface area contributed by atoms with Gasteiger partial charge in [0.1, 0.15) is 0 Å². The van der Waals surface area contributed by atoms with E-state index in [1.54, 1.807) is 12.1 Å². The van der Waals surface area contributed by atoms with Gasteiger partial charge in [-0.15, -0.1) is 0 Å². The van der Waals surface area contributed by atoms with Crippen molar-refractivity contribution >= 4 is 21.6 Å². The summed E-state index contributed by atoms with van der Waals surface area (Å²) < 4.78 is 27.2. The van der Waals surface area contributed by atoms with Crippen LogP contribution in [0, 0.1) is 0 Å². The Morgan fingerprint density at radius 1 is 1.00 bits per heavy atom. The van der Waals surface area contributed by atoms with Crippen molar-refractivity contribution in [2.24, 2.45) is 0 Å². The molecule has 0 bridgehead atoms. The second kappa shape index (κ2) is 7.59. The molecule has 0 saturated heterocycles. The Bertz CT molecular complexity index is 795. The van der Waals surface area contributed by atoms with Gasteiger partial charge >= 0.3 is 0 Å². The van der Waals surface area contributed by atoms with Crippen molar-refractivity contribution in [2.75, 3.05) is 5.32 Å². The first-order valence-corrected chi connectivity index (χ1v) is 9.22. The molecule has 0 heterocycles. The molecule has 2 aromatic rings. The number of carbonyl (C=O) groups excluding carboxylic acids is 1. The summed E-state index contributed by atoms with van der Waals surface area (Å²) in [5.41, 5.74) is 2.68. The molecule has 0 unspecified atom stereocenters. The van der Waals surface area contributed by atoms with E-state index in [1.165, 1.54) is 24.6 Å². The standard InChI is InChI=1S/C18H22N2O3S/c1-13(2)16-6-4-15(5-7-16)12-19-24(22,23)18-10-8-17(9-11-18)20-14(3)21/h4-11,13,19H,12H2,1-3H3,(H,20,21). The summed E-state index contributed by atoms with van der Waals surface area (Å²) in [6.45, 7) is 5.86. The minimum atomic E-state index is -3.59. The van der Waals surface area contributed by atoms with E-state index in [9.17, 15) is 13.2 Å². The smallest absolute Gasteiger partial charge is 0.240 e. The number of rotatable bonds is 6. The number of benzene rings is 2. The molecule has 0 fully saturated rings. The Balaban J connectivity index is 2.04. The highest BCUT2D eigenvalue weighted by atomic mass is 32.2. The Morgan fingerprint density at radius 3 is 2.08 bits per heavy atom. The van der Waals surface area contributed by atoms with Crippen LogP contribution >= 0.6 is 0 Å². The first-order valence-electron chi connectivity index (χ1n) is 7.74. The molecule has 5 nitrogen and oxygen atoms in total. The van der Waals surface area contributed by atoms with Gasteiger partial charge in [0.05, 0.1) is 4.90 Å². The quantitative estimate of drug-likeness (QED) is 0.843. The van der Waals surface area contributed by atoms with Crippen molar-refractivity contribution in [3.8, 4) is 0 Å². The van der Waals surface area contributed by atoms with Gasteiger partial charge < -0.3 is 5.32 Å². The SMILES string of the molecule is CC(=O)Nc1ccc(S(=O)(=O)NCc2ccc(C(C)C)cc2)cc1. The number of sulfonamides is 1. The summed E-state index contributed by atoms with van der Waals surface area (Å²) in [4.78, 5) is 11.1. The lowest BCUT2D eigenvalue weighted by molar-refractivity contribution is -0.114. The average molecular weight is 346 g/mol. The Hall–Kier alpha value is -2.18. The van der Waals surface area contributed by atoms with Crippen LogP contribution in [0.1, 0.15) is 37.8 Å². The van der Waals surface area contributed by atoms with Gasteiger partial charge in [-0.2, -0.15) is 0 Å². The number of nitrogens with one attached hydrogen (secondary N) is 2. The van der Waals surface area contributed by atoms with Crippen molar-refractivity contribution in [1.29, 1.82) is 0 Å². The molecule has 0 aromatic heterocycles. The Labute approximate surface area is 143 Å². The second-order valence-electron chi connectivity index (χ2n) is 5.93. The van der Waals surface area contributed by atoms with Crippen LogP contribution in [0.4, 0.5) is 5.69 Å². The lowest BCUT2D eigenvalue weighted by Crippen LogP contribution is -2.23. The zero-order valence-corrected chi connectivity index (χ0v) is 14.9. The minimum Gasteiger partial charge on any atom is -0.326 e. The first-order chi connectivity index (χ1) is 11.3. The van der Waals surface area contributed by atoms with Crippen molar-refractivity contribution in [1.82, 2.24) is 4.72 Å². The van der Waals surface area contributed by atoms with Crippen molar-refractivity contribution in [3.63, 3.8) is 0 Å². The number of amides is 1. The van der Waals surface area contributed by atoms with E-state index in [0.717, 1.165) is 5.56 Å². The molecule has 0 aliphatic rings. The molecular weight excluding hydrogens is 324 g/mol. The summed E-state index contributed by atoms with van der Waals surface area (Å²) in [5.74, 6) is 0.242. The van der Waals surface area contributed by atoms with E-state index >= 15 is 0 Å². The van der Waals surface area contributed by atoms with Gasteiger partial charge in [-0.1, -0.05) is 38.1 Å². The van der Waals surface area contributed by atoms with E-state index in [4.69, 9.17) is 0 Å². The van der Waals surface area contributed by atoms with Gasteiger partial charge in [0.25, 0.3) is 0 Å². The molecule has 0 aliphatic heterocycles. The molecule has 0 atom stereocenters. The van der Waals surface area contributed by atoms with Crippen LogP contribution < -0.4 is 10.0 Å². The fourth-order valence-electron chi connectivity index (χ4n) is 2.20. The number of carbonyl (C=O) groups is 1. The largest absolute Gasteiger partial charge is 0.326 e. The van der Waals surface area contributed by atoms with Gasteiger partial charge in [0, 0.05) is 19.2 Å². The molecule has 0 spiro atoms. The van der Waals surface area contributed by atoms with Crippen LogP contribution in [-0.2, 0) is 21.4 Å². The maximum Gasteiger partial charge on any atom is 0.240 e. The zero-order valence-electron chi connectivity index (χ0n) is 14.0. The summed E-state index contributed by atoms with van der Waals surface area (Å²) >= 11 is 0. The highest BCUT2D eigenvalue weighted by Gasteiger charge is 2.13. The third kappa shape index (κ3) is 4.91. The summed E-state index contributed by atoms with van der Waals surface area (Å²) in [5, 5.41) is 2.60. The molecule has 2 N–H and O–H groups in total. The number of hydrogen-bond acceptors (Lipinski definition) is 3. The van der Waals surface area contributed by atoms with Gasteiger partial charge in [-0.05, 0) is 41.3 Å². The third-order valence-electron chi connectivity index (χ3n) is 3.60. The Kier molecular flexibility index (Phi) is 5.75. The molecule has 24 heavy (non-hydrogen) atoms. The fourth-order valence-corrected chi connectivity index (χ4v) is 3.22. The number of hydrogen-bond donors (Lipinski definition) is 2. The van der Waals surface area contributed by atoms with Crippen LogP contribution in [-0.4, -0.2) is 14.3 Å². The first kappa shape index (κ1) is 18.2. The molecule has 2 rings (SSSR count). The topological polar surface area (TPSA) is 75.3 Å².